The summed E-state index contributed by atoms with van der Waals surface area (Å²) in [5.41, 5.74) is 15.4. The van der Waals surface area contributed by atoms with Crippen molar-refractivity contribution < 1.29 is 9.15 Å². The number of nitrogens with one attached hydrogen (secondary N) is 1. The normalized spacial score (nSPS) is 22.1. The van der Waals surface area contributed by atoms with Crippen molar-refractivity contribution >= 4 is 39.0 Å². The van der Waals surface area contributed by atoms with E-state index in [1.807, 2.05) is 12.1 Å². The SMILES string of the molecule is CC1=C(c2ccccc2)NC(c2cccc(-c3ccc4c(c3)C(C)(C)C3CC5Oc6ccccc6C5C=C43)c2)=NC1c1ccc2c(c1)oc1ccccc12. The van der Waals surface area contributed by atoms with Crippen LogP contribution in [-0.2, 0) is 5.41 Å². The molecule has 4 atom stereocenters. The standard InChI is InChI=1S/C50H40N2O2/c1-29-47(30-12-5-4-6-13-30)51-49(52-48(29)33-21-23-38-36-16-7-9-18-43(36)53-45(38)26-33)34-15-11-14-31(24-34)32-20-22-35-39-27-40-37-17-8-10-19-44(37)54-46(40)28-42(39)50(2,3)41(35)25-32/h4-27,40,42,46,48H,28H2,1-3H3,(H,51,52). The summed E-state index contributed by atoms with van der Waals surface area (Å²) in [6.07, 6.45) is 3.75. The van der Waals surface area contributed by atoms with Crippen LogP contribution in [0.4, 0.5) is 0 Å². The van der Waals surface area contributed by atoms with E-state index in [0.717, 1.165) is 62.3 Å². The first kappa shape index (κ1) is 31.4. The van der Waals surface area contributed by atoms with Gasteiger partial charge in [0, 0.05) is 33.5 Å². The van der Waals surface area contributed by atoms with Crippen LogP contribution < -0.4 is 10.1 Å². The second-order valence-electron chi connectivity index (χ2n) is 16.0. The molecule has 6 aromatic carbocycles. The maximum absolute atomic E-state index is 6.51. The smallest absolute Gasteiger partial charge is 0.135 e. The molecule has 1 N–H and O–H groups in total. The average molecular weight is 701 g/mol. The summed E-state index contributed by atoms with van der Waals surface area (Å²) in [5.74, 6) is 2.65. The zero-order chi connectivity index (χ0) is 36.1. The minimum Gasteiger partial charge on any atom is -0.489 e. The van der Waals surface area contributed by atoms with E-state index < -0.39 is 0 Å². The number of hydrogen-bond donors (Lipinski definition) is 1. The highest BCUT2D eigenvalue weighted by atomic mass is 16.5. The third-order valence-electron chi connectivity index (χ3n) is 12.6. The molecule has 2 aliphatic carbocycles. The van der Waals surface area contributed by atoms with Gasteiger partial charge in [-0.1, -0.05) is 129 Å². The van der Waals surface area contributed by atoms with Gasteiger partial charge in [0.2, 0.25) is 0 Å². The Morgan fingerprint density at radius 3 is 2.35 bits per heavy atom. The summed E-state index contributed by atoms with van der Waals surface area (Å²) < 4.78 is 12.8. The third-order valence-corrected chi connectivity index (χ3v) is 12.6. The Morgan fingerprint density at radius 2 is 1.44 bits per heavy atom. The van der Waals surface area contributed by atoms with Gasteiger partial charge in [-0.25, -0.2) is 0 Å². The molecule has 0 fully saturated rings. The highest BCUT2D eigenvalue weighted by molar-refractivity contribution is 6.07. The van der Waals surface area contributed by atoms with Crippen molar-refractivity contribution in [1.82, 2.24) is 5.32 Å². The first-order valence-electron chi connectivity index (χ1n) is 19.2. The van der Waals surface area contributed by atoms with Crippen molar-refractivity contribution in [2.45, 2.75) is 50.7 Å². The minimum atomic E-state index is -0.175. The Bertz CT molecular complexity index is 2770. The molecule has 1 aromatic heterocycles. The third kappa shape index (κ3) is 4.72. The van der Waals surface area contributed by atoms with Gasteiger partial charge in [-0.2, -0.15) is 0 Å². The van der Waals surface area contributed by atoms with Crippen LogP contribution >= 0.6 is 0 Å². The molecule has 4 unspecified atom stereocenters. The van der Waals surface area contributed by atoms with Crippen LogP contribution in [0, 0.1) is 5.92 Å². The van der Waals surface area contributed by atoms with Gasteiger partial charge in [0.15, 0.2) is 0 Å². The van der Waals surface area contributed by atoms with E-state index in [-0.39, 0.29) is 17.6 Å². The molecule has 0 saturated carbocycles. The number of furan rings is 1. The monoisotopic (exact) mass is 700 g/mol. The van der Waals surface area contributed by atoms with E-state index in [4.69, 9.17) is 14.1 Å². The molecule has 262 valence electrons. The van der Waals surface area contributed by atoms with Gasteiger partial charge in [-0.05, 0) is 99.5 Å². The Hall–Kier alpha value is -6.13. The fourth-order valence-electron chi connectivity index (χ4n) is 9.76. The fourth-order valence-corrected chi connectivity index (χ4v) is 9.76. The van der Waals surface area contributed by atoms with Gasteiger partial charge in [-0.3, -0.25) is 4.99 Å². The summed E-state index contributed by atoms with van der Waals surface area (Å²) >= 11 is 0. The highest BCUT2D eigenvalue weighted by Crippen LogP contribution is 2.58. The van der Waals surface area contributed by atoms with Gasteiger partial charge >= 0.3 is 0 Å². The average Bonchev–Trinajstić information content (AvgIpc) is 3.84. The molecule has 2 aliphatic heterocycles. The van der Waals surface area contributed by atoms with Crippen molar-refractivity contribution in [1.29, 1.82) is 0 Å². The van der Waals surface area contributed by atoms with E-state index in [0.29, 0.717) is 11.8 Å². The second kappa shape index (κ2) is 11.7. The van der Waals surface area contributed by atoms with E-state index in [1.165, 1.54) is 39.0 Å². The lowest BCUT2D eigenvalue weighted by Gasteiger charge is -2.35. The Morgan fingerprint density at radius 1 is 0.685 bits per heavy atom. The van der Waals surface area contributed by atoms with Crippen molar-refractivity contribution in [2.75, 3.05) is 0 Å². The molecule has 7 aromatic rings. The topological polar surface area (TPSA) is 46.8 Å². The van der Waals surface area contributed by atoms with Crippen molar-refractivity contribution in [3.8, 4) is 16.9 Å². The highest BCUT2D eigenvalue weighted by Gasteiger charge is 2.49. The lowest BCUT2D eigenvalue weighted by atomic mass is 9.70. The van der Waals surface area contributed by atoms with Crippen molar-refractivity contribution in [2.24, 2.45) is 10.9 Å². The summed E-state index contributed by atoms with van der Waals surface area (Å²) in [4.78, 5) is 5.43. The Labute approximate surface area is 315 Å². The molecular weight excluding hydrogens is 661 g/mol. The minimum absolute atomic E-state index is 0.00598. The van der Waals surface area contributed by atoms with Crippen LogP contribution in [0.2, 0.25) is 0 Å². The first-order chi connectivity index (χ1) is 26.4. The Kier molecular flexibility index (Phi) is 6.79. The van der Waals surface area contributed by atoms with Crippen LogP contribution in [0.1, 0.15) is 72.5 Å². The largest absolute Gasteiger partial charge is 0.489 e. The van der Waals surface area contributed by atoms with Crippen molar-refractivity contribution in [3.63, 3.8) is 0 Å². The van der Waals surface area contributed by atoms with Gasteiger partial charge < -0.3 is 14.5 Å². The number of amidine groups is 1. The number of benzene rings is 6. The number of allylic oxidation sites excluding steroid dienone is 1. The molecule has 4 aliphatic rings. The van der Waals surface area contributed by atoms with Gasteiger partial charge in [0.05, 0.1) is 0 Å². The summed E-state index contributed by atoms with van der Waals surface area (Å²) in [6.45, 7) is 7.03. The molecule has 0 saturated heterocycles. The Balaban J connectivity index is 0.975. The molecule has 11 rings (SSSR count). The lowest BCUT2D eigenvalue weighted by Crippen LogP contribution is -2.33. The summed E-state index contributed by atoms with van der Waals surface area (Å²) in [5, 5.41) is 6.03. The molecule has 0 radical (unpaired) electrons. The van der Waals surface area contributed by atoms with E-state index in [2.05, 4.69) is 160 Å². The van der Waals surface area contributed by atoms with Crippen LogP contribution in [-0.4, -0.2) is 11.9 Å². The number of hydrogen-bond acceptors (Lipinski definition) is 4. The quantitative estimate of drug-likeness (QED) is 0.199. The van der Waals surface area contributed by atoms with Gasteiger partial charge in [0.1, 0.15) is 34.9 Å². The molecule has 0 amide bonds. The van der Waals surface area contributed by atoms with Crippen LogP contribution in [0.15, 0.2) is 161 Å². The summed E-state index contributed by atoms with van der Waals surface area (Å²) in [6, 6.07) is 49.8. The number of para-hydroxylation sites is 2. The van der Waals surface area contributed by atoms with E-state index in [9.17, 15) is 0 Å². The maximum atomic E-state index is 6.51. The zero-order valence-corrected chi connectivity index (χ0v) is 30.6. The molecule has 54 heavy (non-hydrogen) atoms. The molecule has 4 heteroatoms. The van der Waals surface area contributed by atoms with Gasteiger partial charge in [-0.15, -0.1) is 0 Å². The lowest BCUT2D eigenvalue weighted by molar-refractivity contribution is 0.169. The fraction of sp³-hybridized carbons (Fsp3) is 0.180. The van der Waals surface area contributed by atoms with E-state index in [1.54, 1.807) is 0 Å². The maximum Gasteiger partial charge on any atom is 0.135 e. The number of nitrogens with zero attached hydrogens (tertiary/aromatic N) is 1. The molecule has 0 spiro atoms. The molecular formula is C50H40N2O2. The van der Waals surface area contributed by atoms with Crippen LogP contribution in [0.25, 0.3) is 44.3 Å². The second-order valence-corrected chi connectivity index (χ2v) is 16.0. The number of ether oxygens (including phenoxy) is 1. The predicted molar refractivity (Wildman–Crippen MR) is 220 cm³/mol. The predicted octanol–water partition coefficient (Wildman–Crippen LogP) is 12.0. The number of rotatable bonds is 4. The summed E-state index contributed by atoms with van der Waals surface area (Å²) in [7, 11) is 0. The first-order valence-corrected chi connectivity index (χ1v) is 19.2. The van der Waals surface area contributed by atoms with Crippen molar-refractivity contribution in [3.05, 3.63) is 185 Å². The van der Waals surface area contributed by atoms with Crippen LogP contribution in [0.3, 0.4) is 0 Å². The molecule has 4 nitrogen and oxygen atoms in total. The van der Waals surface area contributed by atoms with E-state index >= 15 is 0 Å². The molecule has 0 bridgehead atoms. The number of aliphatic imine (C=N–C) groups is 1. The molecule has 3 heterocycles. The number of fused-ring (bicyclic) bond motifs is 9. The van der Waals surface area contributed by atoms with Gasteiger partial charge in [0.25, 0.3) is 0 Å². The zero-order valence-electron chi connectivity index (χ0n) is 30.6. The van der Waals surface area contributed by atoms with Crippen LogP contribution in [0.5, 0.6) is 5.75 Å².